The van der Waals surface area contributed by atoms with E-state index < -0.39 is 0 Å². The quantitative estimate of drug-likeness (QED) is 0.379. The second-order valence-electron chi connectivity index (χ2n) is 11.9. The van der Waals surface area contributed by atoms with Crippen molar-refractivity contribution in [3.8, 4) is 5.75 Å². The average molecular weight is 490 g/mol. The molecule has 2 aromatic carbocycles. The van der Waals surface area contributed by atoms with Crippen molar-refractivity contribution in [2.45, 2.75) is 63.5 Å². The van der Waals surface area contributed by atoms with Gasteiger partial charge in [0.2, 0.25) is 6.41 Å². The van der Waals surface area contributed by atoms with Crippen molar-refractivity contribution in [2.24, 2.45) is 17.3 Å². The molecule has 1 amide bonds. The number of hydrogen-bond acceptors (Lipinski definition) is 4. The van der Waals surface area contributed by atoms with Crippen LogP contribution in [0.15, 0.2) is 48.5 Å². The Hall–Kier alpha value is -2.37. The van der Waals surface area contributed by atoms with Gasteiger partial charge in [-0.1, -0.05) is 43.3 Å². The minimum absolute atomic E-state index is 0.0147. The third-order valence-corrected chi connectivity index (χ3v) is 9.96. The second-order valence-corrected chi connectivity index (χ2v) is 11.9. The van der Waals surface area contributed by atoms with Gasteiger partial charge in [-0.15, -0.1) is 0 Å². The van der Waals surface area contributed by atoms with Crippen LogP contribution in [0.1, 0.15) is 55.7 Å². The standard InChI is InChI=1S/C31H43N3O2/c1-30-14-12-27(29(13-15-30)34(22-35)20-23-8-5-4-6-9-23)31(30)25(21-33(3)17-7-16-32-2)18-24-10-11-26(36)19-28(24)31/h4-6,8-11,19,22,25,27,29,32,36H,7,12-18,20-21H2,1-3H3. The van der Waals surface area contributed by atoms with E-state index in [1.54, 1.807) is 0 Å². The van der Waals surface area contributed by atoms with Crippen molar-refractivity contribution in [1.29, 1.82) is 0 Å². The first-order chi connectivity index (χ1) is 17.4. The molecule has 194 valence electrons. The van der Waals surface area contributed by atoms with Gasteiger partial charge in [0, 0.05) is 24.5 Å². The molecule has 0 saturated heterocycles. The lowest BCUT2D eigenvalue weighted by atomic mass is 9.50. The van der Waals surface area contributed by atoms with E-state index in [0.717, 1.165) is 58.1 Å². The lowest BCUT2D eigenvalue weighted by molar-refractivity contribution is -0.125. The maximum absolute atomic E-state index is 12.5. The summed E-state index contributed by atoms with van der Waals surface area (Å²) in [7, 11) is 4.28. The summed E-state index contributed by atoms with van der Waals surface area (Å²) in [5.74, 6) is 1.26. The zero-order valence-electron chi connectivity index (χ0n) is 22.2. The monoisotopic (exact) mass is 489 g/mol. The van der Waals surface area contributed by atoms with E-state index >= 15 is 0 Å². The number of carbonyl (C=O) groups is 1. The van der Waals surface area contributed by atoms with E-state index in [4.69, 9.17) is 0 Å². The van der Waals surface area contributed by atoms with Gasteiger partial charge in [-0.2, -0.15) is 0 Å². The fraction of sp³-hybridized carbons (Fsp3) is 0.581. The van der Waals surface area contributed by atoms with E-state index in [1.807, 2.05) is 19.2 Å². The third kappa shape index (κ3) is 4.14. The Bertz CT molecular complexity index is 1060. The Morgan fingerprint density at radius 3 is 2.67 bits per heavy atom. The predicted octanol–water partition coefficient (Wildman–Crippen LogP) is 4.58. The molecule has 5 rings (SSSR count). The lowest BCUT2D eigenvalue weighted by Crippen LogP contribution is -2.59. The van der Waals surface area contributed by atoms with E-state index in [1.165, 1.54) is 23.1 Å². The summed E-state index contributed by atoms with van der Waals surface area (Å²) >= 11 is 0. The molecule has 5 atom stereocenters. The highest BCUT2D eigenvalue weighted by Crippen LogP contribution is 2.70. The van der Waals surface area contributed by atoms with Crippen LogP contribution in [0.4, 0.5) is 0 Å². The Balaban J connectivity index is 1.53. The molecule has 0 aliphatic heterocycles. The zero-order valence-corrected chi connectivity index (χ0v) is 22.2. The molecular formula is C31H43N3O2. The smallest absolute Gasteiger partial charge is 0.210 e. The number of hydrogen-bond donors (Lipinski definition) is 2. The molecule has 1 spiro atoms. The van der Waals surface area contributed by atoms with Gasteiger partial charge in [-0.3, -0.25) is 4.79 Å². The topological polar surface area (TPSA) is 55.8 Å². The van der Waals surface area contributed by atoms with Crippen LogP contribution in [0.2, 0.25) is 0 Å². The normalized spacial score (nSPS) is 30.6. The predicted molar refractivity (Wildman–Crippen MR) is 145 cm³/mol. The van der Waals surface area contributed by atoms with Gasteiger partial charge in [0.15, 0.2) is 0 Å². The number of phenols is 1. The van der Waals surface area contributed by atoms with Crippen molar-refractivity contribution in [3.05, 3.63) is 65.2 Å². The first-order valence-electron chi connectivity index (χ1n) is 13.8. The molecule has 2 aromatic rings. The number of benzene rings is 2. The highest BCUT2D eigenvalue weighted by atomic mass is 16.3. The summed E-state index contributed by atoms with van der Waals surface area (Å²) < 4.78 is 0. The molecule has 2 N–H and O–H groups in total. The third-order valence-electron chi connectivity index (χ3n) is 9.96. The van der Waals surface area contributed by atoms with Crippen LogP contribution in [0, 0.1) is 17.3 Å². The summed E-state index contributed by atoms with van der Waals surface area (Å²) in [4.78, 5) is 17.2. The molecule has 0 radical (unpaired) electrons. The van der Waals surface area contributed by atoms with Gasteiger partial charge in [0.25, 0.3) is 0 Å². The van der Waals surface area contributed by atoms with Crippen molar-refractivity contribution < 1.29 is 9.90 Å². The zero-order chi connectivity index (χ0) is 25.3. The number of carbonyl (C=O) groups excluding carboxylic acids is 1. The van der Waals surface area contributed by atoms with Crippen LogP contribution < -0.4 is 5.32 Å². The Kier molecular flexibility index (Phi) is 7.15. The summed E-state index contributed by atoms with van der Waals surface area (Å²) in [6, 6.07) is 16.7. The van der Waals surface area contributed by atoms with Crippen LogP contribution in [0.3, 0.4) is 0 Å². The van der Waals surface area contributed by atoms with Gasteiger partial charge in [0.1, 0.15) is 5.75 Å². The molecule has 5 heteroatoms. The van der Waals surface area contributed by atoms with Crippen LogP contribution in [-0.2, 0) is 23.2 Å². The number of aromatic hydroxyl groups is 1. The number of nitrogens with one attached hydrogen (secondary N) is 1. The minimum Gasteiger partial charge on any atom is -0.508 e. The maximum atomic E-state index is 12.5. The molecular weight excluding hydrogens is 446 g/mol. The van der Waals surface area contributed by atoms with Crippen molar-refractivity contribution in [2.75, 3.05) is 33.7 Å². The number of amides is 1. The molecule has 5 nitrogen and oxygen atoms in total. The number of phenolic OH excluding ortho intramolecular Hbond substituents is 1. The van der Waals surface area contributed by atoms with Crippen LogP contribution >= 0.6 is 0 Å². The summed E-state index contributed by atoms with van der Waals surface area (Å²) in [6.45, 7) is 6.34. The van der Waals surface area contributed by atoms with Gasteiger partial charge < -0.3 is 20.2 Å². The SMILES string of the molecule is CNCCCN(C)CC1Cc2ccc(O)cc2C12C1CCC2(C)CCC1N(C=O)Cc1ccccc1. The molecule has 5 unspecified atom stereocenters. The molecule has 0 heterocycles. The van der Waals surface area contributed by atoms with E-state index in [0.29, 0.717) is 24.1 Å². The van der Waals surface area contributed by atoms with Crippen LogP contribution in [-0.4, -0.2) is 61.1 Å². The molecule has 3 aliphatic rings. The van der Waals surface area contributed by atoms with E-state index in [9.17, 15) is 9.90 Å². The van der Waals surface area contributed by atoms with Crippen LogP contribution in [0.25, 0.3) is 0 Å². The van der Waals surface area contributed by atoms with E-state index in [2.05, 4.69) is 65.5 Å². The number of fused-ring (bicyclic) bond motifs is 1. The summed E-state index contributed by atoms with van der Waals surface area (Å²) in [5.41, 5.74) is 4.14. The Morgan fingerprint density at radius 1 is 1.14 bits per heavy atom. The molecule has 2 saturated carbocycles. The average Bonchev–Trinajstić information content (AvgIpc) is 3.27. The van der Waals surface area contributed by atoms with Gasteiger partial charge in [-0.25, -0.2) is 0 Å². The first kappa shape index (κ1) is 25.3. The number of nitrogens with zero attached hydrogens (tertiary/aromatic N) is 2. The fourth-order valence-electron chi connectivity index (χ4n) is 8.57. The first-order valence-corrected chi connectivity index (χ1v) is 13.8. The van der Waals surface area contributed by atoms with Gasteiger partial charge in [0.05, 0.1) is 0 Å². The molecule has 2 bridgehead atoms. The largest absolute Gasteiger partial charge is 0.508 e. The number of rotatable bonds is 10. The van der Waals surface area contributed by atoms with Crippen molar-refractivity contribution >= 4 is 6.41 Å². The molecule has 0 aromatic heterocycles. The highest BCUT2D eigenvalue weighted by molar-refractivity contribution is 5.52. The highest BCUT2D eigenvalue weighted by Gasteiger charge is 2.68. The second kappa shape index (κ2) is 10.2. The minimum atomic E-state index is -0.0147. The Labute approximate surface area is 216 Å². The van der Waals surface area contributed by atoms with Crippen molar-refractivity contribution in [1.82, 2.24) is 15.1 Å². The fourth-order valence-corrected chi connectivity index (χ4v) is 8.57. The van der Waals surface area contributed by atoms with Crippen LogP contribution in [0.5, 0.6) is 5.75 Å². The maximum Gasteiger partial charge on any atom is 0.210 e. The molecule has 2 fully saturated rings. The van der Waals surface area contributed by atoms with Gasteiger partial charge in [-0.05, 0) is 112 Å². The molecule has 36 heavy (non-hydrogen) atoms. The lowest BCUT2D eigenvalue weighted by Gasteiger charge is -2.57. The van der Waals surface area contributed by atoms with Gasteiger partial charge >= 0.3 is 0 Å². The van der Waals surface area contributed by atoms with E-state index in [-0.39, 0.29) is 16.9 Å². The summed E-state index contributed by atoms with van der Waals surface area (Å²) in [5, 5.41) is 13.9. The Morgan fingerprint density at radius 2 is 1.92 bits per heavy atom. The summed E-state index contributed by atoms with van der Waals surface area (Å²) in [6.07, 6.45) is 7.83. The van der Waals surface area contributed by atoms with Crippen molar-refractivity contribution in [3.63, 3.8) is 0 Å². The molecule has 3 aliphatic carbocycles.